The van der Waals surface area contributed by atoms with E-state index in [-0.39, 0.29) is 12.2 Å². The number of rotatable bonds is 2. The van der Waals surface area contributed by atoms with Crippen LogP contribution >= 0.6 is 0 Å². The molecule has 0 saturated heterocycles. The SMILES string of the molecule is O=C(Nc1ccccc1C#CCO)c1cncc(F)c1. The molecule has 1 aromatic heterocycles. The molecule has 0 fully saturated rings. The molecule has 2 rings (SSSR count). The molecule has 5 heteroatoms. The standard InChI is InChI=1S/C15H11FN2O2/c16-13-8-12(9-17-10-13)15(20)18-14-6-2-1-4-11(14)5-3-7-19/h1-2,4,6,8-10,19H,7H2,(H,18,20). The number of carbonyl (C=O) groups excluding carboxylic acids is 1. The number of anilines is 1. The Bertz CT molecular complexity index is 690. The number of benzene rings is 1. The quantitative estimate of drug-likeness (QED) is 0.818. The minimum absolute atomic E-state index is 0.120. The highest BCUT2D eigenvalue weighted by Gasteiger charge is 2.09. The zero-order valence-electron chi connectivity index (χ0n) is 10.4. The first kappa shape index (κ1) is 13.7. The monoisotopic (exact) mass is 270 g/mol. The Morgan fingerprint density at radius 3 is 2.90 bits per heavy atom. The van der Waals surface area contributed by atoms with Crippen molar-refractivity contribution in [2.45, 2.75) is 0 Å². The van der Waals surface area contributed by atoms with Gasteiger partial charge in [-0.25, -0.2) is 4.39 Å². The lowest BCUT2D eigenvalue weighted by Gasteiger charge is -2.07. The number of halogens is 1. The van der Waals surface area contributed by atoms with Crippen LogP contribution in [0.4, 0.5) is 10.1 Å². The van der Waals surface area contributed by atoms with Gasteiger partial charge in [-0.2, -0.15) is 0 Å². The lowest BCUT2D eigenvalue weighted by Crippen LogP contribution is -2.13. The predicted molar refractivity (Wildman–Crippen MR) is 72.6 cm³/mol. The van der Waals surface area contributed by atoms with Crippen molar-refractivity contribution in [3.05, 3.63) is 59.7 Å². The Kier molecular flexibility index (Phi) is 4.43. The van der Waals surface area contributed by atoms with Crippen molar-refractivity contribution in [1.82, 2.24) is 4.98 Å². The summed E-state index contributed by atoms with van der Waals surface area (Å²) in [4.78, 5) is 15.6. The second-order valence-electron chi connectivity index (χ2n) is 3.85. The van der Waals surface area contributed by atoms with Gasteiger partial charge in [-0.05, 0) is 18.2 Å². The van der Waals surface area contributed by atoms with Gasteiger partial charge in [0.25, 0.3) is 5.91 Å². The zero-order valence-corrected chi connectivity index (χ0v) is 10.4. The normalized spacial score (nSPS) is 9.50. The Morgan fingerprint density at radius 1 is 1.35 bits per heavy atom. The summed E-state index contributed by atoms with van der Waals surface area (Å²) < 4.78 is 13.0. The number of nitrogens with one attached hydrogen (secondary N) is 1. The molecule has 1 heterocycles. The molecule has 0 aliphatic heterocycles. The van der Waals surface area contributed by atoms with E-state index in [1.165, 1.54) is 6.20 Å². The molecule has 2 aromatic rings. The average Bonchev–Trinajstić information content (AvgIpc) is 2.46. The third-order valence-corrected chi connectivity index (χ3v) is 2.44. The molecule has 0 atom stereocenters. The molecule has 4 nitrogen and oxygen atoms in total. The fraction of sp³-hybridized carbons (Fsp3) is 0.0667. The largest absolute Gasteiger partial charge is 0.384 e. The van der Waals surface area contributed by atoms with E-state index in [4.69, 9.17) is 5.11 Å². The van der Waals surface area contributed by atoms with Crippen LogP contribution in [0.15, 0.2) is 42.7 Å². The topological polar surface area (TPSA) is 62.2 Å². The van der Waals surface area contributed by atoms with Crippen molar-refractivity contribution >= 4 is 11.6 Å². The van der Waals surface area contributed by atoms with Crippen LogP contribution in [-0.2, 0) is 0 Å². The van der Waals surface area contributed by atoms with E-state index in [9.17, 15) is 9.18 Å². The smallest absolute Gasteiger partial charge is 0.257 e. The first-order valence-corrected chi connectivity index (χ1v) is 5.81. The van der Waals surface area contributed by atoms with Crippen LogP contribution in [0, 0.1) is 17.7 Å². The van der Waals surface area contributed by atoms with Crippen LogP contribution in [0.5, 0.6) is 0 Å². The maximum atomic E-state index is 13.0. The third-order valence-electron chi connectivity index (χ3n) is 2.44. The molecule has 0 unspecified atom stereocenters. The maximum Gasteiger partial charge on any atom is 0.257 e. The van der Waals surface area contributed by atoms with Gasteiger partial charge in [-0.1, -0.05) is 24.0 Å². The number of hydrogen-bond donors (Lipinski definition) is 2. The number of nitrogens with zero attached hydrogens (tertiary/aromatic N) is 1. The summed E-state index contributed by atoms with van der Waals surface area (Å²) in [6.45, 7) is -0.268. The van der Waals surface area contributed by atoms with E-state index >= 15 is 0 Å². The highest BCUT2D eigenvalue weighted by atomic mass is 19.1. The summed E-state index contributed by atoms with van der Waals surface area (Å²) in [5.74, 6) is 4.18. The number of pyridine rings is 1. The van der Waals surface area contributed by atoms with Gasteiger partial charge in [0.2, 0.25) is 0 Å². The van der Waals surface area contributed by atoms with Crippen LogP contribution in [-0.4, -0.2) is 22.6 Å². The van der Waals surface area contributed by atoms with Crippen LogP contribution in [0.1, 0.15) is 15.9 Å². The number of amides is 1. The molecule has 0 bridgehead atoms. The molecular weight excluding hydrogens is 259 g/mol. The van der Waals surface area contributed by atoms with Gasteiger partial charge in [0.05, 0.1) is 17.4 Å². The van der Waals surface area contributed by atoms with E-state index in [1.807, 2.05) is 0 Å². The first-order chi connectivity index (χ1) is 9.70. The summed E-state index contributed by atoms with van der Waals surface area (Å²) in [5, 5.41) is 11.3. The van der Waals surface area contributed by atoms with Crippen molar-refractivity contribution in [3.63, 3.8) is 0 Å². The summed E-state index contributed by atoms with van der Waals surface area (Å²) >= 11 is 0. The highest BCUT2D eigenvalue weighted by Crippen LogP contribution is 2.15. The summed E-state index contributed by atoms with van der Waals surface area (Å²) in [7, 11) is 0. The van der Waals surface area contributed by atoms with Crippen LogP contribution < -0.4 is 5.32 Å². The van der Waals surface area contributed by atoms with Gasteiger partial charge in [0.1, 0.15) is 12.4 Å². The van der Waals surface area contributed by atoms with E-state index in [0.717, 1.165) is 12.3 Å². The van der Waals surface area contributed by atoms with Crippen LogP contribution in [0.25, 0.3) is 0 Å². The Labute approximate surface area is 115 Å². The maximum absolute atomic E-state index is 13.0. The number of aliphatic hydroxyl groups excluding tert-OH is 1. The molecule has 100 valence electrons. The molecule has 20 heavy (non-hydrogen) atoms. The van der Waals surface area contributed by atoms with Crippen LogP contribution in [0.3, 0.4) is 0 Å². The number of aromatic nitrogens is 1. The lowest BCUT2D eigenvalue weighted by molar-refractivity contribution is 0.102. The van der Waals surface area contributed by atoms with E-state index in [0.29, 0.717) is 11.3 Å². The van der Waals surface area contributed by atoms with Gasteiger partial charge in [-0.15, -0.1) is 0 Å². The van der Waals surface area contributed by atoms with Crippen molar-refractivity contribution in [1.29, 1.82) is 0 Å². The molecule has 0 saturated carbocycles. The number of hydrogen-bond acceptors (Lipinski definition) is 3. The molecular formula is C15H11FN2O2. The molecule has 0 aliphatic carbocycles. The zero-order chi connectivity index (χ0) is 14.4. The molecule has 2 N–H and O–H groups in total. The molecule has 1 aromatic carbocycles. The van der Waals surface area contributed by atoms with E-state index in [2.05, 4.69) is 22.1 Å². The minimum atomic E-state index is -0.578. The lowest BCUT2D eigenvalue weighted by atomic mass is 10.1. The van der Waals surface area contributed by atoms with Gasteiger partial charge in [0, 0.05) is 11.8 Å². The summed E-state index contributed by atoms with van der Waals surface area (Å²) in [6, 6.07) is 7.99. The van der Waals surface area contributed by atoms with Crippen molar-refractivity contribution in [3.8, 4) is 11.8 Å². The minimum Gasteiger partial charge on any atom is -0.384 e. The summed E-state index contributed by atoms with van der Waals surface area (Å²) in [5.41, 5.74) is 1.18. The summed E-state index contributed by atoms with van der Waals surface area (Å²) in [6.07, 6.45) is 2.30. The van der Waals surface area contributed by atoms with E-state index in [1.54, 1.807) is 24.3 Å². The number of carbonyl (C=O) groups is 1. The predicted octanol–water partition coefficient (Wildman–Crippen LogP) is 1.82. The molecule has 0 aliphatic rings. The Balaban J connectivity index is 2.24. The first-order valence-electron chi connectivity index (χ1n) is 5.81. The fourth-order valence-corrected chi connectivity index (χ4v) is 1.57. The second kappa shape index (κ2) is 6.45. The fourth-order valence-electron chi connectivity index (χ4n) is 1.57. The number of aliphatic hydroxyl groups is 1. The van der Waals surface area contributed by atoms with Crippen molar-refractivity contribution in [2.24, 2.45) is 0 Å². The van der Waals surface area contributed by atoms with Gasteiger partial charge >= 0.3 is 0 Å². The average molecular weight is 270 g/mol. The Hall–Kier alpha value is -2.71. The number of para-hydroxylation sites is 1. The van der Waals surface area contributed by atoms with Gasteiger partial charge in [0.15, 0.2) is 0 Å². The van der Waals surface area contributed by atoms with Crippen molar-refractivity contribution < 1.29 is 14.3 Å². The van der Waals surface area contributed by atoms with Crippen LogP contribution in [0.2, 0.25) is 0 Å². The molecule has 0 radical (unpaired) electrons. The Morgan fingerprint density at radius 2 is 2.15 bits per heavy atom. The van der Waals surface area contributed by atoms with E-state index < -0.39 is 11.7 Å². The van der Waals surface area contributed by atoms with Gasteiger partial charge in [-0.3, -0.25) is 9.78 Å². The van der Waals surface area contributed by atoms with Gasteiger partial charge < -0.3 is 10.4 Å². The molecule has 0 spiro atoms. The second-order valence-corrected chi connectivity index (χ2v) is 3.85. The third kappa shape index (κ3) is 3.40. The molecule has 1 amide bonds. The van der Waals surface area contributed by atoms with Crippen molar-refractivity contribution in [2.75, 3.05) is 11.9 Å². The highest BCUT2D eigenvalue weighted by molar-refractivity contribution is 6.04.